The van der Waals surface area contributed by atoms with Gasteiger partial charge in [0.1, 0.15) is 0 Å². The molecule has 0 bridgehead atoms. The molecule has 0 saturated carbocycles. The summed E-state index contributed by atoms with van der Waals surface area (Å²) in [6, 6.07) is 61.1. The number of para-hydroxylation sites is 1. The Bertz CT molecular complexity index is 3120. The molecule has 0 fully saturated rings. The Morgan fingerprint density at radius 1 is 0.418 bits per heavy atom. The van der Waals surface area contributed by atoms with Crippen LogP contribution in [0.1, 0.15) is 25.7 Å². The number of nitrogens with zero attached hydrogens (tertiary/aromatic N) is 3. The van der Waals surface area contributed by atoms with Crippen molar-refractivity contribution >= 4 is 59.8 Å². The van der Waals surface area contributed by atoms with Crippen molar-refractivity contribution in [2.24, 2.45) is 0 Å². The van der Waals surface area contributed by atoms with Crippen LogP contribution < -0.4 is 0 Å². The second-order valence-electron chi connectivity index (χ2n) is 14.7. The van der Waals surface area contributed by atoms with E-state index in [1.165, 1.54) is 78.4 Å². The van der Waals surface area contributed by atoms with Gasteiger partial charge in [-0.25, -0.2) is 9.97 Å². The minimum Gasteiger partial charge on any atom is -0.313 e. The smallest absolute Gasteiger partial charge is 0.161 e. The fourth-order valence-electron chi connectivity index (χ4n) is 8.97. The van der Waals surface area contributed by atoms with Gasteiger partial charge in [-0.3, -0.25) is 0 Å². The molecule has 0 saturated heterocycles. The fraction of sp³-hybridized carbons (Fsp3) is 0.0769. The molecule has 0 N–H and O–H groups in total. The average Bonchev–Trinajstić information content (AvgIpc) is 3.62. The molecule has 3 nitrogen and oxygen atoms in total. The molecule has 0 radical (unpaired) electrons. The first-order chi connectivity index (χ1) is 27.3. The van der Waals surface area contributed by atoms with Gasteiger partial charge < -0.3 is 4.57 Å². The van der Waals surface area contributed by atoms with E-state index in [1.807, 2.05) is 0 Å². The molecule has 0 atom stereocenters. The lowest BCUT2D eigenvalue weighted by Gasteiger charge is -2.19. The van der Waals surface area contributed by atoms with Crippen LogP contribution in [0.25, 0.3) is 105 Å². The first-order valence-electron chi connectivity index (χ1n) is 19.4. The lowest BCUT2D eigenvalue weighted by Crippen LogP contribution is -2.01. The molecule has 0 unspecified atom stereocenters. The van der Waals surface area contributed by atoms with Crippen molar-refractivity contribution in [1.29, 1.82) is 0 Å². The number of rotatable bonds is 5. The maximum atomic E-state index is 5.39. The van der Waals surface area contributed by atoms with Crippen molar-refractivity contribution in [1.82, 2.24) is 14.5 Å². The predicted molar refractivity (Wildman–Crippen MR) is 232 cm³/mol. The van der Waals surface area contributed by atoms with E-state index in [2.05, 4.69) is 181 Å². The molecule has 55 heavy (non-hydrogen) atoms. The summed E-state index contributed by atoms with van der Waals surface area (Å²) in [4.78, 5) is 10.8. The van der Waals surface area contributed by atoms with Gasteiger partial charge in [0.25, 0.3) is 0 Å². The number of fused-ring (bicyclic) bond motifs is 10. The first-order valence-corrected chi connectivity index (χ1v) is 19.4. The first kappa shape index (κ1) is 31.7. The Morgan fingerprint density at radius 2 is 0.982 bits per heavy atom. The van der Waals surface area contributed by atoms with E-state index in [9.17, 15) is 0 Å². The van der Waals surface area contributed by atoms with Crippen molar-refractivity contribution in [3.63, 3.8) is 0 Å². The van der Waals surface area contributed by atoms with E-state index in [1.54, 1.807) is 0 Å². The molecule has 0 spiro atoms. The Kier molecular flexibility index (Phi) is 7.44. The fourth-order valence-corrected chi connectivity index (χ4v) is 8.97. The third kappa shape index (κ3) is 5.19. The predicted octanol–water partition coefficient (Wildman–Crippen LogP) is 14.1. The zero-order chi connectivity index (χ0) is 36.3. The summed E-state index contributed by atoms with van der Waals surface area (Å²) in [7, 11) is 0. The zero-order valence-electron chi connectivity index (χ0n) is 30.4. The highest BCUT2D eigenvalue weighted by Crippen LogP contribution is 2.47. The molecule has 1 aliphatic carbocycles. The van der Waals surface area contributed by atoms with Crippen molar-refractivity contribution in [3.05, 3.63) is 176 Å². The Morgan fingerprint density at radius 3 is 1.69 bits per heavy atom. The molecule has 260 valence electrons. The van der Waals surface area contributed by atoms with E-state index in [4.69, 9.17) is 9.97 Å². The van der Waals surface area contributed by atoms with Crippen molar-refractivity contribution in [2.75, 3.05) is 0 Å². The quantitative estimate of drug-likeness (QED) is 0.167. The van der Waals surface area contributed by atoms with Crippen LogP contribution in [0.3, 0.4) is 0 Å². The number of benzene rings is 8. The van der Waals surface area contributed by atoms with Crippen molar-refractivity contribution < 1.29 is 0 Å². The number of aromatic nitrogens is 3. The molecule has 1 aliphatic rings. The maximum absolute atomic E-state index is 5.39. The normalized spacial score (nSPS) is 13.3. The van der Waals surface area contributed by atoms with Crippen molar-refractivity contribution in [2.45, 2.75) is 25.7 Å². The van der Waals surface area contributed by atoms with Gasteiger partial charge in [0, 0.05) is 43.9 Å². The summed E-state index contributed by atoms with van der Waals surface area (Å²) < 4.78 is 2.58. The lowest BCUT2D eigenvalue weighted by molar-refractivity contribution is 0.724. The van der Waals surface area contributed by atoms with Gasteiger partial charge in [0.2, 0.25) is 0 Å². The topological polar surface area (TPSA) is 30.7 Å². The molecule has 0 aliphatic heterocycles. The largest absolute Gasteiger partial charge is 0.313 e. The molecule has 2 aromatic heterocycles. The zero-order valence-corrected chi connectivity index (χ0v) is 30.4. The van der Waals surface area contributed by atoms with E-state index < -0.39 is 0 Å². The van der Waals surface area contributed by atoms with Crippen LogP contribution in [0.5, 0.6) is 0 Å². The lowest BCUT2D eigenvalue weighted by atomic mass is 9.90. The van der Waals surface area contributed by atoms with Gasteiger partial charge in [0.05, 0.1) is 22.4 Å². The molecule has 2 heterocycles. The molecule has 10 aromatic rings. The minimum absolute atomic E-state index is 0.723. The molecule has 0 amide bonds. The molecular formula is C52H37N3. The summed E-state index contributed by atoms with van der Waals surface area (Å²) in [5.41, 5.74) is 11.3. The standard InChI is InChI=1S/C52H37N3/c1-4-16-34(17-5-1)35-28-30-37(31-29-35)47-33-46(36-18-6-2-7-19-36)53-52(54-47)45-32-44-40-23-11-13-25-42(40)51-50(49(44)41-24-12-10-22-39(41)45)43-26-14-15-27-48(43)55(51)38-20-8-3-9-21-38/h1-2,4-7,10-20,22-33H,3,8-9,21H2. The summed E-state index contributed by atoms with van der Waals surface area (Å²) in [5, 5.41) is 10.00. The Labute approximate surface area is 319 Å². The van der Waals surface area contributed by atoms with Crippen LogP contribution in [-0.2, 0) is 0 Å². The molecule has 11 rings (SSSR count). The van der Waals surface area contributed by atoms with Crippen LogP contribution in [0.4, 0.5) is 0 Å². The number of allylic oxidation sites excluding steroid dienone is 2. The van der Waals surface area contributed by atoms with Crippen LogP contribution in [0, 0.1) is 0 Å². The highest BCUT2D eigenvalue weighted by Gasteiger charge is 2.23. The highest BCUT2D eigenvalue weighted by molar-refractivity contribution is 6.38. The van der Waals surface area contributed by atoms with Gasteiger partial charge in [-0.05, 0) is 76.6 Å². The van der Waals surface area contributed by atoms with E-state index in [0.29, 0.717) is 0 Å². The van der Waals surface area contributed by atoms with Gasteiger partial charge in [-0.2, -0.15) is 0 Å². The highest BCUT2D eigenvalue weighted by atomic mass is 15.0. The summed E-state index contributed by atoms with van der Waals surface area (Å²) in [5.74, 6) is 0.723. The Balaban J connectivity index is 1.22. The van der Waals surface area contributed by atoms with Gasteiger partial charge in [0.15, 0.2) is 5.82 Å². The second kappa shape index (κ2) is 12.9. The van der Waals surface area contributed by atoms with Gasteiger partial charge in [-0.1, -0.05) is 158 Å². The summed E-state index contributed by atoms with van der Waals surface area (Å²) in [6.07, 6.45) is 7.17. The maximum Gasteiger partial charge on any atom is 0.161 e. The van der Waals surface area contributed by atoms with Crippen LogP contribution in [0.15, 0.2) is 176 Å². The third-order valence-corrected chi connectivity index (χ3v) is 11.5. The minimum atomic E-state index is 0.723. The van der Waals surface area contributed by atoms with Gasteiger partial charge >= 0.3 is 0 Å². The van der Waals surface area contributed by atoms with E-state index in [0.717, 1.165) is 52.1 Å². The SMILES string of the molecule is C1=C(n2c3ccccc3c3c4c5ccccc5c(-c5nc(-c6ccccc6)cc(-c6ccc(-c7ccccc7)cc6)n5)cc4c4ccccc4c32)CCCC1. The molecule has 3 heteroatoms. The third-order valence-electron chi connectivity index (χ3n) is 11.5. The Hall–Kier alpha value is -6.84. The van der Waals surface area contributed by atoms with E-state index >= 15 is 0 Å². The number of hydrogen-bond donors (Lipinski definition) is 0. The summed E-state index contributed by atoms with van der Waals surface area (Å²) in [6.45, 7) is 0. The number of hydrogen-bond acceptors (Lipinski definition) is 2. The van der Waals surface area contributed by atoms with Crippen molar-refractivity contribution in [3.8, 4) is 45.0 Å². The molecular weight excluding hydrogens is 667 g/mol. The monoisotopic (exact) mass is 703 g/mol. The van der Waals surface area contributed by atoms with Crippen LogP contribution in [0.2, 0.25) is 0 Å². The second-order valence-corrected chi connectivity index (χ2v) is 14.7. The van der Waals surface area contributed by atoms with Crippen LogP contribution in [-0.4, -0.2) is 14.5 Å². The van der Waals surface area contributed by atoms with E-state index in [-0.39, 0.29) is 0 Å². The van der Waals surface area contributed by atoms with Gasteiger partial charge in [-0.15, -0.1) is 0 Å². The molecule has 8 aromatic carbocycles. The average molecular weight is 704 g/mol. The summed E-state index contributed by atoms with van der Waals surface area (Å²) >= 11 is 0. The van der Waals surface area contributed by atoms with Crippen LogP contribution >= 0.6 is 0 Å².